The smallest absolute Gasteiger partial charge is 0.245 e. The molecule has 0 radical (unpaired) electrons. The van der Waals surface area contributed by atoms with E-state index in [-0.39, 0.29) is 5.91 Å². The van der Waals surface area contributed by atoms with Gasteiger partial charge in [-0.25, -0.2) is 0 Å². The second kappa shape index (κ2) is 3.43. The molecule has 1 aromatic heterocycles. The van der Waals surface area contributed by atoms with Crippen molar-refractivity contribution in [3.05, 3.63) is 17.5 Å². The summed E-state index contributed by atoms with van der Waals surface area (Å²) in [6, 6.07) is 5.83. The van der Waals surface area contributed by atoms with Crippen molar-refractivity contribution in [2.45, 2.75) is 19.3 Å². The minimum atomic E-state index is -0.746. The summed E-state index contributed by atoms with van der Waals surface area (Å²) >= 11 is 1.47. The van der Waals surface area contributed by atoms with E-state index in [1.807, 2.05) is 17.5 Å². The van der Waals surface area contributed by atoms with E-state index in [4.69, 9.17) is 5.26 Å². The third kappa shape index (κ3) is 1.40. The molecule has 0 bridgehead atoms. The molecule has 1 N–H and O–H groups in total. The maximum Gasteiger partial charge on any atom is 0.245 e. The Kier molecular flexibility index (Phi) is 2.26. The van der Waals surface area contributed by atoms with Crippen LogP contribution in [-0.4, -0.2) is 5.91 Å². The first kappa shape index (κ1) is 9.22. The van der Waals surface area contributed by atoms with Crippen LogP contribution in [0.1, 0.15) is 19.3 Å². The van der Waals surface area contributed by atoms with Gasteiger partial charge in [0.25, 0.3) is 0 Å². The van der Waals surface area contributed by atoms with Crippen LogP contribution in [0.15, 0.2) is 17.5 Å². The van der Waals surface area contributed by atoms with Crippen molar-refractivity contribution in [2.24, 2.45) is 5.41 Å². The molecule has 72 valence electrons. The Morgan fingerprint density at radius 3 is 2.86 bits per heavy atom. The highest BCUT2D eigenvalue weighted by Gasteiger charge is 2.44. The van der Waals surface area contributed by atoms with Gasteiger partial charge in [-0.15, -0.1) is 11.3 Å². The summed E-state index contributed by atoms with van der Waals surface area (Å²) in [5.41, 5.74) is -0.746. The van der Waals surface area contributed by atoms with Crippen molar-refractivity contribution in [1.82, 2.24) is 0 Å². The lowest BCUT2D eigenvalue weighted by Crippen LogP contribution is -2.40. The molecule has 1 saturated carbocycles. The zero-order chi connectivity index (χ0) is 10.0. The van der Waals surface area contributed by atoms with Crippen LogP contribution >= 0.6 is 11.3 Å². The molecule has 1 aliphatic rings. The fourth-order valence-electron chi connectivity index (χ4n) is 1.50. The zero-order valence-corrected chi connectivity index (χ0v) is 8.43. The first-order chi connectivity index (χ1) is 6.77. The van der Waals surface area contributed by atoms with Crippen LogP contribution < -0.4 is 5.32 Å². The lowest BCUT2D eigenvalue weighted by Gasteiger charge is -2.32. The lowest BCUT2D eigenvalue weighted by molar-refractivity contribution is -0.126. The molecule has 0 unspecified atom stereocenters. The van der Waals surface area contributed by atoms with E-state index in [9.17, 15) is 4.79 Å². The SMILES string of the molecule is N#CC1(C(=O)Nc2cccs2)CCC1. The van der Waals surface area contributed by atoms with Crippen molar-refractivity contribution in [2.75, 3.05) is 5.32 Å². The Labute approximate surface area is 86.4 Å². The Hall–Kier alpha value is -1.34. The molecule has 1 fully saturated rings. The summed E-state index contributed by atoms with van der Waals surface area (Å²) in [6.45, 7) is 0. The van der Waals surface area contributed by atoms with Crippen molar-refractivity contribution < 1.29 is 4.79 Å². The zero-order valence-electron chi connectivity index (χ0n) is 7.62. The van der Waals surface area contributed by atoms with Crippen LogP contribution in [-0.2, 0) is 4.79 Å². The average molecular weight is 206 g/mol. The predicted molar refractivity (Wildman–Crippen MR) is 54.8 cm³/mol. The molecule has 0 spiro atoms. The first-order valence-electron chi connectivity index (χ1n) is 4.53. The Balaban J connectivity index is 2.06. The van der Waals surface area contributed by atoms with Gasteiger partial charge in [0.15, 0.2) is 0 Å². The van der Waals surface area contributed by atoms with Crippen LogP contribution in [0, 0.1) is 16.7 Å². The summed E-state index contributed by atoms with van der Waals surface area (Å²) in [6.07, 6.45) is 2.37. The van der Waals surface area contributed by atoms with Crippen molar-refractivity contribution in [3.8, 4) is 6.07 Å². The number of nitrogens with one attached hydrogen (secondary N) is 1. The minimum absolute atomic E-state index is 0.145. The molecule has 1 aromatic rings. The van der Waals surface area contributed by atoms with E-state index in [1.165, 1.54) is 11.3 Å². The number of anilines is 1. The highest BCUT2D eigenvalue weighted by Crippen LogP contribution is 2.41. The summed E-state index contributed by atoms with van der Waals surface area (Å²) in [5.74, 6) is -0.145. The predicted octanol–water partition coefficient (Wildman–Crippen LogP) is 2.38. The molecule has 1 aliphatic carbocycles. The van der Waals surface area contributed by atoms with Crippen molar-refractivity contribution >= 4 is 22.2 Å². The normalized spacial score (nSPS) is 17.9. The molecule has 14 heavy (non-hydrogen) atoms. The molecule has 2 rings (SSSR count). The number of carbonyl (C=O) groups is 1. The van der Waals surface area contributed by atoms with Crippen LogP contribution in [0.25, 0.3) is 0 Å². The minimum Gasteiger partial charge on any atom is -0.316 e. The van der Waals surface area contributed by atoms with Gasteiger partial charge in [-0.3, -0.25) is 4.79 Å². The summed E-state index contributed by atoms with van der Waals surface area (Å²) < 4.78 is 0. The van der Waals surface area contributed by atoms with E-state index in [0.717, 1.165) is 11.4 Å². The third-order valence-electron chi connectivity index (χ3n) is 2.61. The van der Waals surface area contributed by atoms with Gasteiger partial charge >= 0.3 is 0 Å². The van der Waals surface area contributed by atoms with Crippen molar-refractivity contribution in [1.29, 1.82) is 5.26 Å². The number of thiophene rings is 1. The Bertz CT molecular complexity index is 373. The number of rotatable bonds is 2. The monoisotopic (exact) mass is 206 g/mol. The topological polar surface area (TPSA) is 52.9 Å². The molecular formula is C10H10N2OS. The highest BCUT2D eigenvalue weighted by molar-refractivity contribution is 7.14. The van der Waals surface area contributed by atoms with E-state index >= 15 is 0 Å². The van der Waals surface area contributed by atoms with Gasteiger partial charge in [0, 0.05) is 0 Å². The maximum absolute atomic E-state index is 11.7. The van der Waals surface area contributed by atoms with Crippen LogP contribution in [0.4, 0.5) is 5.00 Å². The second-order valence-electron chi connectivity index (χ2n) is 3.48. The summed E-state index contributed by atoms with van der Waals surface area (Å²) in [7, 11) is 0. The van der Waals surface area contributed by atoms with Crippen LogP contribution in [0.3, 0.4) is 0 Å². The van der Waals surface area contributed by atoms with Gasteiger partial charge in [0.05, 0.1) is 11.1 Å². The summed E-state index contributed by atoms with van der Waals surface area (Å²) in [5, 5.41) is 14.4. The quantitative estimate of drug-likeness (QED) is 0.807. The highest BCUT2D eigenvalue weighted by atomic mass is 32.1. The Morgan fingerprint density at radius 1 is 1.64 bits per heavy atom. The van der Waals surface area contributed by atoms with E-state index in [1.54, 1.807) is 0 Å². The molecule has 4 heteroatoms. The second-order valence-corrected chi connectivity index (χ2v) is 4.43. The molecule has 0 aliphatic heterocycles. The Morgan fingerprint density at radius 2 is 2.43 bits per heavy atom. The molecule has 1 heterocycles. The van der Waals surface area contributed by atoms with Crippen molar-refractivity contribution in [3.63, 3.8) is 0 Å². The number of nitrogens with zero attached hydrogens (tertiary/aromatic N) is 1. The molecule has 1 amide bonds. The van der Waals surface area contributed by atoms with Gasteiger partial charge < -0.3 is 5.32 Å². The molecule has 0 saturated heterocycles. The van der Waals surface area contributed by atoms with Crippen LogP contribution in [0.5, 0.6) is 0 Å². The van der Waals surface area contributed by atoms with Gasteiger partial charge in [-0.2, -0.15) is 5.26 Å². The van der Waals surface area contributed by atoms with Crippen LogP contribution in [0.2, 0.25) is 0 Å². The number of amides is 1. The summed E-state index contributed by atoms with van der Waals surface area (Å²) in [4.78, 5) is 11.7. The lowest BCUT2D eigenvalue weighted by atomic mass is 9.69. The number of carbonyl (C=O) groups excluding carboxylic acids is 1. The van der Waals surface area contributed by atoms with E-state index in [0.29, 0.717) is 12.8 Å². The van der Waals surface area contributed by atoms with E-state index < -0.39 is 5.41 Å². The molecule has 0 atom stereocenters. The van der Waals surface area contributed by atoms with E-state index in [2.05, 4.69) is 11.4 Å². The maximum atomic E-state index is 11.7. The van der Waals surface area contributed by atoms with Gasteiger partial charge in [0.1, 0.15) is 5.41 Å². The largest absolute Gasteiger partial charge is 0.316 e. The molecule has 0 aromatic carbocycles. The fourth-order valence-corrected chi connectivity index (χ4v) is 2.11. The fraction of sp³-hybridized carbons (Fsp3) is 0.400. The number of hydrogen-bond donors (Lipinski definition) is 1. The van der Waals surface area contributed by atoms with Gasteiger partial charge in [-0.05, 0) is 36.8 Å². The molecular weight excluding hydrogens is 196 g/mol. The standard InChI is InChI=1S/C10H10N2OS/c11-7-10(4-2-5-10)9(13)12-8-3-1-6-14-8/h1,3,6H,2,4-5H2,(H,12,13). The van der Waals surface area contributed by atoms with Gasteiger partial charge in [-0.1, -0.05) is 0 Å². The number of nitriles is 1. The van der Waals surface area contributed by atoms with Gasteiger partial charge in [0.2, 0.25) is 5.91 Å². The first-order valence-corrected chi connectivity index (χ1v) is 5.41. The number of hydrogen-bond acceptors (Lipinski definition) is 3. The average Bonchev–Trinajstić information content (AvgIpc) is 2.55. The third-order valence-corrected chi connectivity index (χ3v) is 3.40. The molecule has 3 nitrogen and oxygen atoms in total.